The molecule has 2 aliphatic heterocycles. The summed E-state index contributed by atoms with van der Waals surface area (Å²) in [5.74, 6) is -0.911. The summed E-state index contributed by atoms with van der Waals surface area (Å²) < 4.78 is 30.9. The molecule has 0 bridgehead atoms. The average Bonchev–Trinajstić information content (AvgIpc) is 4.00. The van der Waals surface area contributed by atoms with Crippen LogP contribution in [0.3, 0.4) is 0 Å². The summed E-state index contributed by atoms with van der Waals surface area (Å²) in [6.07, 6.45) is 15.5. The van der Waals surface area contributed by atoms with Gasteiger partial charge in [-0.05, 0) is 137 Å². The van der Waals surface area contributed by atoms with E-state index in [1.165, 1.54) is 70.9 Å². The van der Waals surface area contributed by atoms with E-state index in [1.807, 2.05) is 44.2 Å². The number of piperidine rings is 2. The lowest BCUT2D eigenvalue weighted by atomic mass is 10.0. The number of urea groups is 1. The Morgan fingerprint density at radius 1 is 0.681 bits per heavy atom. The number of halogens is 1. The number of carbonyl (C=O) groups is 3. The summed E-state index contributed by atoms with van der Waals surface area (Å²) in [6, 6.07) is 25.3. The molecule has 4 aromatic carbocycles. The van der Waals surface area contributed by atoms with Crippen LogP contribution in [-0.2, 0) is 0 Å². The molecule has 69 heavy (non-hydrogen) atoms. The molecule has 13 nitrogen and oxygen atoms in total. The summed E-state index contributed by atoms with van der Waals surface area (Å²) in [5.41, 5.74) is 3.81. The Hall–Kier alpha value is -6.38. The Morgan fingerprint density at radius 2 is 1.22 bits per heavy atom. The first-order chi connectivity index (χ1) is 33.5. The maximum atomic E-state index is 14.9. The van der Waals surface area contributed by atoms with Gasteiger partial charge in [0.15, 0.2) is 17.3 Å². The van der Waals surface area contributed by atoms with E-state index < -0.39 is 17.8 Å². The molecule has 368 valence electrons. The van der Waals surface area contributed by atoms with Gasteiger partial charge in [0.25, 0.3) is 5.91 Å². The van der Waals surface area contributed by atoms with E-state index in [0.717, 1.165) is 73.7 Å². The first-order valence-corrected chi connectivity index (χ1v) is 24.9. The van der Waals surface area contributed by atoms with Gasteiger partial charge in [0.2, 0.25) is 0 Å². The fraction of sp³-hybridized carbons (Fsp3) is 0.436. The van der Waals surface area contributed by atoms with Crippen LogP contribution < -0.4 is 25.4 Å². The van der Waals surface area contributed by atoms with E-state index >= 15 is 0 Å². The minimum atomic E-state index is -0.862. The second-order valence-corrected chi connectivity index (χ2v) is 18.3. The largest absolute Gasteiger partial charge is 0.493 e. The number of fused-ring (bicyclic) bond motifs is 2. The van der Waals surface area contributed by atoms with Gasteiger partial charge in [-0.1, -0.05) is 40.5 Å². The maximum absolute atomic E-state index is 14.9. The van der Waals surface area contributed by atoms with Gasteiger partial charge in [0.05, 0.1) is 18.4 Å². The minimum Gasteiger partial charge on any atom is -0.493 e. The quantitative estimate of drug-likeness (QED) is 0.0667. The molecular weight excluding hydrogens is 874 g/mol. The fourth-order valence-corrected chi connectivity index (χ4v) is 9.49. The lowest BCUT2D eigenvalue weighted by Crippen LogP contribution is -2.37. The van der Waals surface area contributed by atoms with E-state index in [2.05, 4.69) is 67.2 Å². The van der Waals surface area contributed by atoms with Crippen molar-refractivity contribution < 1.29 is 33.4 Å². The second-order valence-electron chi connectivity index (χ2n) is 18.3. The van der Waals surface area contributed by atoms with Gasteiger partial charge in [0, 0.05) is 102 Å². The molecule has 2 aliphatic rings. The van der Waals surface area contributed by atoms with Crippen molar-refractivity contribution in [2.45, 2.75) is 110 Å². The topological polar surface area (TPSA) is 142 Å². The Kier molecular flexibility index (Phi) is 17.8. The maximum Gasteiger partial charge on any atom is 0.335 e. The van der Waals surface area contributed by atoms with Crippen LogP contribution in [0.2, 0.25) is 0 Å². The number of likely N-dealkylation sites (tertiary alicyclic amines) is 2. The highest BCUT2D eigenvalue weighted by atomic mass is 19.1. The molecule has 2 saturated heterocycles. The number of ether oxygens (including phenoxy) is 2. The molecule has 3 amide bonds. The third-order valence-corrected chi connectivity index (χ3v) is 13.7. The number of carboxylic acids is 1. The minimum absolute atomic E-state index is 0.000122. The molecule has 0 unspecified atom stereocenters. The number of nitrogens with one attached hydrogen (secondary N) is 3. The van der Waals surface area contributed by atoms with Gasteiger partial charge < -0.3 is 49.5 Å². The lowest BCUT2D eigenvalue weighted by Gasteiger charge is -2.33. The second kappa shape index (κ2) is 24.3. The molecule has 4 heterocycles. The number of hydrogen-bond acceptors (Lipinski definition) is 7. The van der Waals surface area contributed by atoms with Crippen LogP contribution in [0.25, 0.3) is 21.8 Å². The lowest BCUT2D eigenvalue weighted by molar-refractivity contribution is 0.0696. The van der Waals surface area contributed by atoms with Crippen molar-refractivity contribution in [3.63, 3.8) is 0 Å². The van der Waals surface area contributed by atoms with Crippen LogP contribution >= 0.6 is 0 Å². The summed E-state index contributed by atoms with van der Waals surface area (Å²) in [6.45, 7) is 15.4. The van der Waals surface area contributed by atoms with E-state index in [1.54, 1.807) is 36.4 Å². The van der Waals surface area contributed by atoms with Crippen molar-refractivity contribution in [2.75, 3.05) is 57.0 Å². The highest BCUT2D eigenvalue weighted by molar-refractivity contribution is 6.06. The van der Waals surface area contributed by atoms with Gasteiger partial charge in [-0.25, -0.2) is 14.0 Å². The van der Waals surface area contributed by atoms with Crippen molar-refractivity contribution in [1.29, 1.82) is 0 Å². The van der Waals surface area contributed by atoms with Crippen molar-refractivity contribution in [3.8, 4) is 17.2 Å². The number of rotatable bonds is 18. The Balaban J connectivity index is 0.000000265. The number of amides is 3. The zero-order valence-corrected chi connectivity index (χ0v) is 40.9. The van der Waals surface area contributed by atoms with Gasteiger partial charge in [0.1, 0.15) is 5.75 Å². The van der Waals surface area contributed by atoms with Crippen molar-refractivity contribution in [2.24, 2.45) is 0 Å². The standard InChI is InChI=1S/C37H46FN5O4.C18H24N2O2/c1-5-8-18-42-19-16-29(17-20-42)43-21-15-25-22-26(9-14-33(25)43)36(44)39-28-10-12-30(13-11-28)47-35-23-31(38)32(24-34(35)46-4)41-37(45)40-27(6-2)7-3;1-2-3-9-19-10-7-16(8-11-19)20-12-6-14-13-15(18(21)22)4-5-17(14)20/h9-15,21-24,27,29H,5-8,16-20H2,1-4H3,(H,39,44)(H2,40,41,45);4-6,12-13,16H,2-3,7-11H2,1H3,(H,21,22). The number of unbranched alkanes of at least 4 members (excludes halogenated alkanes) is 2. The smallest absolute Gasteiger partial charge is 0.335 e. The molecule has 2 aromatic heterocycles. The first-order valence-electron chi connectivity index (χ1n) is 24.9. The highest BCUT2D eigenvalue weighted by Gasteiger charge is 2.23. The summed E-state index contributed by atoms with van der Waals surface area (Å²) in [4.78, 5) is 41.7. The number of benzene rings is 4. The van der Waals surface area contributed by atoms with Crippen LogP contribution in [0.15, 0.2) is 97.3 Å². The number of aromatic nitrogens is 2. The zero-order chi connectivity index (χ0) is 48.9. The monoisotopic (exact) mass is 944 g/mol. The van der Waals surface area contributed by atoms with E-state index in [0.29, 0.717) is 34.6 Å². The number of nitrogens with zero attached hydrogens (tertiary/aromatic N) is 4. The van der Waals surface area contributed by atoms with E-state index in [9.17, 15) is 18.8 Å². The number of anilines is 2. The average molecular weight is 944 g/mol. The van der Waals surface area contributed by atoms with Crippen LogP contribution in [0.1, 0.15) is 125 Å². The van der Waals surface area contributed by atoms with Crippen LogP contribution in [0.5, 0.6) is 17.2 Å². The van der Waals surface area contributed by atoms with Gasteiger partial charge in [-0.2, -0.15) is 0 Å². The molecule has 0 atom stereocenters. The van der Waals surface area contributed by atoms with Gasteiger partial charge >= 0.3 is 12.0 Å². The molecule has 4 N–H and O–H groups in total. The van der Waals surface area contributed by atoms with E-state index in [4.69, 9.17) is 14.6 Å². The number of hydrogen-bond donors (Lipinski definition) is 4. The molecule has 0 radical (unpaired) electrons. The number of aromatic carboxylic acids is 1. The molecule has 0 saturated carbocycles. The fourth-order valence-electron chi connectivity index (χ4n) is 9.49. The van der Waals surface area contributed by atoms with Crippen LogP contribution in [0.4, 0.5) is 20.6 Å². The number of carbonyl (C=O) groups excluding carboxylic acids is 2. The van der Waals surface area contributed by atoms with Crippen molar-refractivity contribution >= 4 is 51.1 Å². The normalized spacial score (nSPS) is 14.9. The van der Waals surface area contributed by atoms with Crippen molar-refractivity contribution in [3.05, 3.63) is 114 Å². The Labute approximate surface area is 405 Å². The molecule has 6 aromatic rings. The molecule has 0 aliphatic carbocycles. The van der Waals surface area contributed by atoms with Gasteiger partial charge in [-0.15, -0.1) is 0 Å². The number of carboxylic acid groups (broad SMARTS) is 1. The summed E-state index contributed by atoms with van der Waals surface area (Å²) in [7, 11) is 1.44. The number of methoxy groups -OCH3 is 1. The Morgan fingerprint density at radius 3 is 1.72 bits per heavy atom. The predicted molar refractivity (Wildman–Crippen MR) is 274 cm³/mol. The first kappa shape index (κ1) is 50.5. The van der Waals surface area contributed by atoms with Crippen LogP contribution in [0, 0.1) is 5.82 Å². The van der Waals surface area contributed by atoms with Gasteiger partial charge in [-0.3, -0.25) is 4.79 Å². The molecule has 14 heteroatoms. The third-order valence-electron chi connectivity index (χ3n) is 13.7. The highest BCUT2D eigenvalue weighted by Crippen LogP contribution is 2.37. The van der Waals surface area contributed by atoms with Crippen LogP contribution in [-0.4, -0.2) is 94.4 Å². The molecule has 8 rings (SSSR count). The zero-order valence-electron chi connectivity index (χ0n) is 40.9. The Bertz CT molecular complexity index is 2640. The summed E-state index contributed by atoms with van der Waals surface area (Å²) in [5, 5.41) is 19.5. The predicted octanol–water partition coefficient (Wildman–Crippen LogP) is 12.4. The molecule has 2 fully saturated rings. The van der Waals surface area contributed by atoms with E-state index in [-0.39, 0.29) is 29.1 Å². The summed E-state index contributed by atoms with van der Waals surface area (Å²) >= 11 is 0. The molecule has 0 spiro atoms. The van der Waals surface area contributed by atoms with Crippen molar-refractivity contribution in [1.82, 2.24) is 24.3 Å². The third kappa shape index (κ3) is 13.0. The molecular formula is C55H70FN7O6. The SMILES string of the molecule is CCCCN1CCC(n2ccc3cc(C(=O)Nc4ccc(Oc5cc(F)c(NC(=O)NC(CC)CC)cc5OC)cc4)ccc32)CC1.CCCCN1CCC(n2ccc3cc(C(=O)O)ccc32)CC1.